The Bertz CT molecular complexity index is 779. The average Bonchev–Trinajstić information content (AvgIpc) is 3.22. The third kappa shape index (κ3) is 4.64. The van der Waals surface area contributed by atoms with E-state index in [2.05, 4.69) is 19.9 Å². The van der Waals surface area contributed by atoms with Crippen molar-refractivity contribution in [1.82, 2.24) is 14.8 Å². The smallest absolute Gasteiger partial charge is 0.217 e. The van der Waals surface area contributed by atoms with E-state index in [1.165, 1.54) is 6.33 Å². The molecule has 25 heavy (non-hydrogen) atoms. The molecule has 2 heterocycles. The van der Waals surface area contributed by atoms with E-state index in [0.29, 0.717) is 42.0 Å². The molecule has 0 saturated carbocycles. The molecule has 0 aliphatic carbocycles. The van der Waals surface area contributed by atoms with E-state index in [0.717, 1.165) is 0 Å². The average molecular weight is 494 g/mol. The number of nitrogens with zero attached hydrogens (tertiary/aromatic N) is 3. The van der Waals surface area contributed by atoms with Gasteiger partial charge < -0.3 is 14.2 Å². The Morgan fingerprint density at radius 3 is 3.04 bits per heavy atom. The van der Waals surface area contributed by atoms with Gasteiger partial charge in [-0.2, -0.15) is 5.10 Å². The molecular formula is C16H14Cl2IN3O3. The van der Waals surface area contributed by atoms with E-state index in [4.69, 9.17) is 37.4 Å². The predicted octanol–water partition coefficient (Wildman–Crippen LogP) is 3.27. The van der Waals surface area contributed by atoms with Gasteiger partial charge in [-0.3, -0.25) is 0 Å². The number of halogens is 3. The van der Waals surface area contributed by atoms with E-state index < -0.39 is 5.79 Å². The molecule has 2 unspecified atom stereocenters. The number of benzene rings is 1. The molecule has 1 fully saturated rings. The zero-order valence-corrected chi connectivity index (χ0v) is 16.7. The van der Waals surface area contributed by atoms with Crippen LogP contribution in [-0.2, 0) is 26.5 Å². The van der Waals surface area contributed by atoms with Gasteiger partial charge in [-0.25, -0.2) is 9.67 Å². The van der Waals surface area contributed by atoms with Gasteiger partial charge in [-0.1, -0.05) is 35.2 Å². The van der Waals surface area contributed by atoms with Crippen molar-refractivity contribution in [2.45, 2.75) is 18.4 Å². The number of aromatic nitrogens is 3. The first-order valence-corrected chi connectivity index (χ1v) is 9.22. The summed E-state index contributed by atoms with van der Waals surface area (Å²) in [5.74, 6) is 1.75. The Morgan fingerprint density at radius 1 is 1.44 bits per heavy atom. The zero-order chi connectivity index (χ0) is 17.7. The van der Waals surface area contributed by atoms with E-state index in [-0.39, 0.29) is 6.10 Å². The van der Waals surface area contributed by atoms with Gasteiger partial charge in [0.1, 0.15) is 31.9 Å². The van der Waals surface area contributed by atoms with Gasteiger partial charge in [0.15, 0.2) is 0 Å². The normalized spacial score (nSPS) is 22.6. The molecule has 0 N–H and O–H groups in total. The first-order chi connectivity index (χ1) is 12.1. The zero-order valence-electron chi connectivity index (χ0n) is 13.0. The van der Waals surface area contributed by atoms with Crippen molar-refractivity contribution in [2.75, 3.05) is 19.8 Å². The van der Waals surface area contributed by atoms with Crippen LogP contribution in [0.4, 0.5) is 0 Å². The highest BCUT2D eigenvalue weighted by molar-refractivity contribution is 14.1. The van der Waals surface area contributed by atoms with Crippen molar-refractivity contribution in [1.29, 1.82) is 0 Å². The van der Waals surface area contributed by atoms with Gasteiger partial charge in [-0.15, -0.1) is 0 Å². The van der Waals surface area contributed by atoms with Crippen molar-refractivity contribution < 1.29 is 14.2 Å². The monoisotopic (exact) mass is 493 g/mol. The SMILES string of the molecule is Clc1ccc(C2(Cn3cncn3)OCC(COCC#CI)O2)c(Cl)c1. The topological polar surface area (TPSA) is 58.4 Å². The van der Waals surface area contributed by atoms with Gasteiger partial charge in [0.25, 0.3) is 0 Å². The van der Waals surface area contributed by atoms with E-state index >= 15 is 0 Å². The highest BCUT2D eigenvalue weighted by Gasteiger charge is 2.45. The fraction of sp³-hybridized carbons (Fsp3) is 0.375. The summed E-state index contributed by atoms with van der Waals surface area (Å²) in [5, 5.41) is 5.14. The van der Waals surface area contributed by atoms with Gasteiger partial charge >= 0.3 is 0 Å². The van der Waals surface area contributed by atoms with Crippen LogP contribution in [0.5, 0.6) is 0 Å². The molecule has 1 aromatic carbocycles. The molecule has 0 spiro atoms. The first kappa shape index (κ1) is 18.9. The molecule has 1 aromatic heterocycles. The molecule has 1 aliphatic rings. The van der Waals surface area contributed by atoms with Crippen LogP contribution >= 0.6 is 45.8 Å². The molecule has 2 aromatic rings. The van der Waals surface area contributed by atoms with Crippen LogP contribution in [0.1, 0.15) is 5.56 Å². The Kier molecular flexibility index (Phi) is 6.55. The summed E-state index contributed by atoms with van der Waals surface area (Å²) in [6.45, 7) is 1.39. The van der Waals surface area contributed by atoms with Gasteiger partial charge in [-0.05, 0) is 16.1 Å². The minimum atomic E-state index is -1.08. The van der Waals surface area contributed by atoms with E-state index in [1.54, 1.807) is 29.2 Å². The molecule has 1 saturated heterocycles. The summed E-state index contributed by atoms with van der Waals surface area (Å²) in [6, 6.07) is 5.21. The fourth-order valence-electron chi connectivity index (χ4n) is 2.55. The van der Waals surface area contributed by atoms with Gasteiger partial charge in [0, 0.05) is 33.2 Å². The minimum absolute atomic E-state index is 0.244. The van der Waals surface area contributed by atoms with Crippen LogP contribution in [0.25, 0.3) is 0 Å². The molecule has 132 valence electrons. The second kappa shape index (κ2) is 8.66. The molecular weight excluding hydrogens is 480 g/mol. The summed E-state index contributed by atoms with van der Waals surface area (Å²) in [7, 11) is 0. The number of ether oxygens (including phenoxy) is 3. The number of hydrogen-bond acceptors (Lipinski definition) is 5. The summed E-state index contributed by atoms with van der Waals surface area (Å²) in [6.07, 6.45) is 2.80. The van der Waals surface area contributed by atoms with Crippen molar-refractivity contribution in [3.8, 4) is 9.85 Å². The molecule has 9 heteroatoms. The third-order valence-corrected chi connectivity index (χ3v) is 4.51. The van der Waals surface area contributed by atoms with Crippen LogP contribution in [0.2, 0.25) is 10.0 Å². The quantitative estimate of drug-likeness (QED) is 0.351. The standard InChI is InChI=1S/C16H14Cl2IN3O3/c17-12-2-3-14(15(18)6-12)16(9-22-11-20-10-21-22)24-8-13(25-16)7-23-5-1-4-19/h2-3,6,10-11,13H,5,7-9H2. The van der Waals surface area contributed by atoms with Crippen LogP contribution < -0.4 is 0 Å². The lowest BCUT2D eigenvalue weighted by atomic mass is 10.1. The second-order valence-electron chi connectivity index (χ2n) is 5.31. The Labute approximate surface area is 168 Å². The first-order valence-electron chi connectivity index (χ1n) is 7.39. The number of hydrogen-bond donors (Lipinski definition) is 0. The second-order valence-corrected chi connectivity index (χ2v) is 6.69. The predicted molar refractivity (Wildman–Crippen MR) is 102 cm³/mol. The molecule has 0 bridgehead atoms. The molecule has 3 rings (SSSR count). The van der Waals surface area contributed by atoms with Crippen molar-refractivity contribution >= 4 is 45.8 Å². The maximum absolute atomic E-state index is 6.39. The van der Waals surface area contributed by atoms with E-state index in [1.807, 2.05) is 22.6 Å². The summed E-state index contributed by atoms with van der Waals surface area (Å²) >= 11 is 14.4. The van der Waals surface area contributed by atoms with Crippen molar-refractivity contribution in [3.05, 3.63) is 46.5 Å². The summed E-state index contributed by atoms with van der Waals surface area (Å²) < 4.78 is 22.1. The summed E-state index contributed by atoms with van der Waals surface area (Å²) in [5.41, 5.74) is 0.684. The molecule has 1 aliphatic heterocycles. The van der Waals surface area contributed by atoms with Gasteiger partial charge in [0.2, 0.25) is 5.79 Å². The lowest BCUT2D eigenvalue weighted by molar-refractivity contribution is -0.192. The fourth-order valence-corrected chi connectivity index (χ4v) is 3.26. The Morgan fingerprint density at radius 2 is 2.32 bits per heavy atom. The van der Waals surface area contributed by atoms with Gasteiger partial charge in [0.05, 0.1) is 18.2 Å². The Balaban J connectivity index is 1.82. The maximum atomic E-state index is 6.39. The third-order valence-electron chi connectivity index (χ3n) is 3.58. The summed E-state index contributed by atoms with van der Waals surface area (Å²) in [4.78, 5) is 3.96. The van der Waals surface area contributed by atoms with Crippen LogP contribution in [0.15, 0.2) is 30.9 Å². The van der Waals surface area contributed by atoms with Crippen molar-refractivity contribution in [2.24, 2.45) is 0 Å². The highest BCUT2D eigenvalue weighted by Crippen LogP contribution is 2.40. The Hall–Kier alpha value is -0.890. The highest BCUT2D eigenvalue weighted by atomic mass is 127. The number of rotatable bonds is 6. The van der Waals surface area contributed by atoms with Crippen LogP contribution in [-0.4, -0.2) is 40.7 Å². The van der Waals surface area contributed by atoms with E-state index in [9.17, 15) is 0 Å². The molecule has 0 amide bonds. The molecule has 6 nitrogen and oxygen atoms in total. The van der Waals surface area contributed by atoms with Crippen LogP contribution in [0, 0.1) is 9.85 Å². The molecule has 2 atom stereocenters. The van der Waals surface area contributed by atoms with Crippen LogP contribution in [0.3, 0.4) is 0 Å². The minimum Gasteiger partial charge on any atom is -0.366 e. The largest absolute Gasteiger partial charge is 0.366 e. The lowest BCUT2D eigenvalue weighted by Gasteiger charge is -2.29. The molecule has 0 radical (unpaired) electrons. The maximum Gasteiger partial charge on any atom is 0.217 e. The lowest BCUT2D eigenvalue weighted by Crippen LogP contribution is -2.34. The van der Waals surface area contributed by atoms with Crippen molar-refractivity contribution in [3.63, 3.8) is 0 Å².